The first-order chi connectivity index (χ1) is 10.2. The molecule has 2 heterocycles. The zero-order valence-corrected chi connectivity index (χ0v) is 11.4. The molecule has 0 amide bonds. The minimum Gasteiger partial charge on any atom is -0.360 e. The highest BCUT2D eigenvalue weighted by atomic mass is 35.5. The number of carbonyl (C=O) groups is 1. The molecule has 7 heteroatoms. The molecular weight excluding hydrogens is 290 g/mol. The SMILES string of the molecule is N#Cc1cnn2c1NC(c1ccc(Cl)cc1)C(C#N)C2=O. The molecule has 1 aromatic heterocycles. The van der Waals surface area contributed by atoms with Crippen molar-refractivity contribution in [2.75, 3.05) is 5.32 Å². The van der Waals surface area contributed by atoms with E-state index in [1.807, 2.05) is 12.1 Å². The smallest absolute Gasteiger partial charge is 0.268 e. The number of fused-ring (bicyclic) bond motifs is 1. The maximum atomic E-state index is 12.3. The van der Waals surface area contributed by atoms with Crippen molar-refractivity contribution in [1.82, 2.24) is 9.78 Å². The van der Waals surface area contributed by atoms with Crippen molar-refractivity contribution in [1.29, 1.82) is 10.5 Å². The van der Waals surface area contributed by atoms with Gasteiger partial charge in [-0.3, -0.25) is 4.79 Å². The van der Waals surface area contributed by atoms with Gasteiger partial charge in [0.25, 0.3) is 5.91 Å². The Morgan fingerprint density at radius 1 is 1.29 bits per heavy atom. The van der Waals surface area contributed by atoms with Gasteiger partial charge in [0.2, 0.25) is 0 Å². The fourth-order valence-corrected chi connectivity index (χ4v) is 2.44. The first kappa shape index (κ1) is 13.2. The number of carbonyl (C=O) groups excluding carboxylic acids is 1. The van der Waals surface area contributed by atoms with Crippen LogP contribution >= 0.6 is 11.6 Å². The van der Waals surface area contributed by atoms with Gasteiger partial charge in [0, 0.05) is 5.02 Å². The second-order valence-corrected chi connectivity index (χ2v) is 4.99. The minimum absolute atomic E-state index is 0.263. The van der Waals surface area contributed by atoms with Crippen molar-refractivity contribution >= 4 is 23.3 Å². The van der Waals surface area contributed by atoms with Gasteiger partial charge in [-0.05, 0) is 17.7 Å². The second-order valence-electron chi connectivity index (χ2n) is 4.55. The van der Waals surface area contributed by atoms with Crippen molar-refractivity contribution in [3.8, 4) is 12.1 Å². The number of nitrogens with one attached hydrogen (secondary N) is 1. The Labute approximate surface area is 125 Å². The summed E-state index contributed by atoms with van der Waals surface area (Å²) in [6, 6.07) is 10.3. The van der Waals surface area contributed by atoms with Crippen LogP contribution in [0.2, 0.25) is 5.02 Å². The number of nitrogens with zero attached hydrogens (tertiary/aromatic N) is 4. The van der Waals surface area contributed by atoms with Gasteiger partial charge in [0.1, 0.15) is 11.6 Å². The summed E-state index contributed by atoms with van der Waals surface area (Å²) >= 11 is 5.85. The molecule has 3 rings (SSSR count). The number of hydrogen-bond donors (Lipinski definition) is 1. The maximum Gasteiger partial charge on any atom is 0.268 e. The lowest BCUT2D eigenvalue weighted by molar-refractivity contribution is 0.0827. The summed E-state index contributed by atoms with van der Waals surface area (Å²) in [5, 5.41) is 25.8. The van der Waals surface area contributed by atoms with E-state index in [0.717, 1.165) is 10.2 Å². The molecule has 0 radical (unpaired) electrons. The summed E-state index contributed by atoms with van der Waals surface area (Å²) in [5.74, 6) is -1.06. The highest BCUT2D eigenvalue weighted by Gasteiger charge is 2.38. The van der Waals surface area contributed by atoms with Crippen LogP contribution in [0.15, 0.2) is 30.5 Å². The topological polar surface area (TPSA) is 94.5 Å². The number of aromatic nitrogens is 2. The molecule has 0 bridgehead atoms. The monoisotopic (exact) mass is 297 g/mol. The van der Waals surface area contributed by atoms with Crippen LogP contribution in [0.25, 0.3) is 0 Å². The van der Waals surface area contributed by atoms with Gasteiger partial charge in [-0.25, -0.2) is 0 Å². The van der Waals surface area contributed by atoms with Crippen LogP contribution in [0, 0.1) is 28.6 Å². The van der Waals surface area contributed by atoms with Crippen LogP contribution in [0.4, 0.5) is 5.82 Å². The Kier molecular flexibility index (Phi) is 3.09. The molecule has 2 atom stereocenters. The van der Waals surface area contributed by atoms with E-state index in [1.54, 1.807) is 24.3 Å². The molecule has 0 aliphatic carbocycles. The molecule has 1 aliphatic rings. The van der Waals surface area contributed by atoms with Gasteiger partial charge in [0.15, 0.2) is 11.7 Å². The molecule has 6 nitrogen and oxygen atoms in total. The van der Waals surface area contributed by atoms with E-state index >= 15 is 0 Å². The largest absolute Gasteiger partial charge is 0.360 e. The Morgan fingerprint density at radius 3 is 2.62 bits per heavy atom. The van der Waals surface area contributed by atoms with Crippen LogP contribution in [-0.4, -0.2) is 15.7 Å². The van der Waals surface area contributed by atoms with Crippen molar-refractivity contribution in [3.63, 3.8) is 0 Å². The average molecular weight is 298 g/mol. The summed E-state index contributed by atoms with van der Waals surface area (Å²) in [6.45, 7) is 0. The molecule has 1 aromatic carbocycles. The van der Waals surface area contributed by atoms with E-state index in [9.17, 15) is 10.1 Å². The Morgan fingerprint density at radius 2 is 2.00 bits per heavy atom. The van der Waals surface area contributed by atoms with Crippen molar-refractivity contribution in [3.05, 3.63) is 46.6 Å². The third-order valence-corrected chi connectivity index (χ3v) is 3.61. The third kappa shape index (κ3) is 2.03. The molecule has 0 fully saturated rings. The lowest BCUT2D eigenvalue weighted by atomic mass is 9.91. The average Bonchev–Trinajstić information content (AvgIpc) is 2.91. The predicted molar refractivity (Wildman–Crippen MR) is 74.5 cm³/mol. The number of nitriles is 2. The van der Waals surface area contributed by atoms with Gasteiger partial charge in [-0.2, -0.15) is 20.3 Å². The second kappa shape index (κ2) is 4.93. The maximum absolute atomic E-state index is 12.3. The Bertz CT molecular complexity index is 796. The molecule has 1 N–H and O–H groups in total. The molecule has 1 aliphatic heterocycles. The highest BCUT2D eigenvalue weighted by Crippen LogP contribution is 2.34. The summed E-state index contributed by atoms with van der Waals surface area (Å²) in [5.41, 5.74) is 1.01. The molecule has 2 aromatic rings. The van der Waals surface area contributed by atoms with Crippen molar-refractivity contribution < 1.29 is 4.79 Å². The lowest BCUT2D eigenvalue weighted by Crippen LogP contribution is -2.37. The van der Waals surface area contributed by atoms with E-state index < -0.39 is 17.9 Å². The van der Waals surface area contributed by atoms with E-state index in [4.69, 9.17) is 16.9 Å². The number of rotatable bonds is 1. The van der Waals surface area contributed by atoms with Crippen molar-refractivity contribution in [2.24, 2.45) is 5.92 Å². The van der Waals surface area contributed by atoms with Crippen LogP contribution in [0.5, 0.6) is 0 Å². The fourth-order valence-electron chi connectivity index (χ4n) is 2.32. The summed E-state index contributed by atoms with van der Waals surface area (Å²) in [4.78, 5) is 12.3. The third-order valence-electron chi connectivity index (χ3n) is 3.36. The van der Waals surface area contributed by atoms with Crippen LogP contribution < -0.4 is 5.32 Å². The molecule has 102 valence electrons. The zero-order valence-electron chi connectivity index (χ0n) is 10.6. The standard InChI is InChI=1S/C14H8ClN5O/c15-10-3-1-8(2-4-10)12-11(6-17)14(21)20-13(19-12)9(5-16)7-18-20/h1-4,7,11-12,19H. The fraction of sp³-hybridized carbons (Fsp3) is 0.143. The first-order valence-corrected chi connectivity index (χ1v) is 6.47. The first-order valence-electron chi connectivity index (χ1n) is 6.09. The van der Waals surface area contributed by atoms with Gasteiger partial charge >= 0.3 is 0 Å². The normalized spacial score (nSPS) is 20.0. The lowest BCUT2D eigenvalue weighted by Gasteiger charge is -2.28. The number of benzene rings is 1. The van der Waals surface area contributed by atoms with E-state index in [-0.39, 0.29) is 5.56 Å². The van der Waals surface area contributed by atoms with Crippen molar-refractivity contribution in [2.45, 2.75) is 6.04 Å². The van der Waals surface area contributed by atoms with Crippen LogP contribution in [-0.2, 0) is 0 Å². The minimum atomic E-state index is -0.926. The number of hydrogen-bond acceptors (Lipinski definition) is 5. The molecule has 2 unspecified atom stereocenters. The van der Waals surface area contributed by atoms with Gasteiger partial charge < -0.3 is 5.32 Å². The van der Waals surface area contributed by atoms with Crippen LogP contribution in [0.3, 0.4) is 0 Å². The molecule has 0 saturated heterocycles. The quantitative estimate of drug-likeness (QED) is 0.872. The van der Waals surface area contributed by atoms with Gasteiger partial charge in [-0.1, -0.05) is 23.7 Å². The summed E-state index contributed by atoms with van der Waals surface area (Å²) < 4.78 is 1.07. The number of anilines is 1. The zero-order chi connectivity index (χ0) is 15.0. The summed E-state index contributed by atoms with van der Waals surface area (Å²) in [7, 11) is 0. The van der Waals surface area contributed by atoms with E-state index in [1.165, 1.54) is 6.20 Å². The molecule has 0 spiro atoms. The van der Waals surface area contributed by atoms with Gasteiger partial charge in [-0.15, -0.1) is 0 Å². The van der Waals surface area contributed by atoms with Gasteiger partial charge in [0.05, 0.1) is 18.3 Å². The highest BCUT2D eigenvalue weighted by molar-refractivity contribution is 6.30. The number of halogens is 1. The molecule has 0 saturated carbocycles. The van der Waals surface area contributed by atoms with E-state index in [0.29, 0.717) is 10.8 Å². The predicted octanol–water partition coefficient (Wildman–Crippen LogP) is 2.35. The van der Waals surface area contributed by atoms with E-state index in [2.05, 4.69) is 10.4 Å². The summed E-state index contributed by atoms with van der Waals surface area (Å²) in [6.07, 6.45) is 1.30. The molecule has 21 heavy (non-hydrogen) atoms. The Hall–Kier alpha value is -2.83. The molecular formula is C14H8ClN5O. The van der Waals surface area contributed by atoms with Crippen LogP contribution in [0.1, 0.15) is 22.0 Å². The Balaban J connectivity index is 2.10.